The van der Waals surface area contributed by atoms with Crippen molar-refractivity contribution in [2.45, 2.75) is 17.3 Å². The highest BCUT2D eigenvalue weighted by atomic mass is 32.1. The number of carboxylic acids is 1. The SMILES string of the molecule is O=C(Nc1ccccc1F)c1cnn2c1N[C@@](S)(C(=O)O)C[C@H]2c1ccccc1F. The number of carbonyl (C=O) groups is 2. The van der Waals surface area contributed by atoms with E-state index in [0.29, 0.717) is 0 Å². The number of fused-ring (bicyclic) bond motifs is 1. The van der Waals surface area contributed by atoms with E-state index in [-0.39, 0.29) is 29.1 Å². The van der Waals surface area contributed by atoms with E-state index in [4.69, 9.17) is 0 Å². The number of hydrogen-bond acceptors (Lipinski definition) is 5. The van der Waals surface area contributed by atoms with Gasteiger partial charge >= 0.3 is 5.97 Å². The van der Waals surface area contributed by atoms with Crippen molar-refractivity contribution in [3.63, 3.8) is 0 Å². The van der Waals surface area contributed by atoms with Crippen LogP contribution in [0.1, 0.15) is 28.4 Å². The Morgan fingerprint density at radius 1 is 1.17 bits per heavy atom. The molecule has 0 radical (unpaired) electrons. The van der Waals surface area contributed by atoms with Gasteiger partial charge in [-0.3, -0.25) is 4.79 Å². The number of amides is 1. The number of hydrogen-bond donors (Lipinski definition) is 4. The van der Waals surface area contributed by atoms with Gasteiger partial charge < -0.3 is 15.7 Å². The van der Waals surface area contributed by atoms with Crippen LogP contribution in [0.2, 0.25) is 0 Å². The van der Waals surface area contributed by atoms with E-state index in [1.165, 1.54) is 47.3 Å². The number of carboxylic acid groups (broad SMARTS) is 1. The van der Waals surface area contributed by atoms with Crippen LogP contribution in [-0.2, 0) is 4.79 Å². The van der Waals surface area contributed by atoms with Crippen LogP contribution in [0.5, 0.6) is 0 Å². The molecule has 1 aliphatic heterocycles. The second-order valence-corrected chi connectivity index (χ2v) is 7.58. The number of nitrogens with one attached hydrogen (secondary N) is 2. The first-order valence-corrected chi connectivity index (χ1v) is 9.36. The third kappa shape index (κ3) is 3.39. The van der Waals surface area contributed by atoms with Gasteiger partial charge in [0.05, 0.1) is 17.9 Å². The summed E-state index contributed by atoms with van der Waals surface area (Å²) in [6.45, 7) is 0. The molecule has 0 saturated carbocycles. The first-order chi connectivity index (χ1) is 14.3. The van der Waals surface area contributed by atoms with E-state index < -0.39 is 34.4 Å². The lowest BCUT2D eigenvalue weighted by Crippen LogP contribution is -2.48. The lowest BCUT2D eigenvalue weighted by Gasteiger charge is -2.37. The summed E-state index contributed by atoms with van der Waals surface area (Å²) in [6, 6.07) is 10.7. The minimum Gasteiger partial charge on any atom is -0.479 e. The van der Waals surface area contributed by atoms with Gasteiger partial charge in [-0.1, -0.05) is 30.3 Å². The van der Waals surface area contributed by atoms with Gasteiger partial charge in [-0.15, -0.1) is 12.6 Å². The third-order valence-corrected chi connectivity index (χ3v) is 5.37. The molecule has 4 rings (SSSR count). The van der Waals surface area contributed by atoms with Crippen molar-refractivity contribution in [3.8, 4) is 0 Å². The van der Waals surface area contributed by atoms with Crippen molar-refractivity contribution in [1.82, 2.24) is 9.78 Å². The van der Waals surface area contributed by atoms with Crippen LogP contribution in [-0.4, -0.2) is 31.6 Å². The van der Waals surface area contributed by atoms with Crippen LogP contribution in [0.4, 0.5) is 20.3 Å². The number of benzene rings is 2. The highest BCUT2D eigenvalue weighted by molar-refractivity contribution is 7.82. The molecule has 154 valence electrons. The predicted molar refractivity (Wildman–Crippen MR) is 109 cm³/mol. The zero-order valence-corrected chi connectivity index (χ0v) is 16.2. The molecule has 0 unspecified atom stereocenters. The van der Waals surface area contributed by atoms with E-state index in [1.54, 1.807) is 12.1 Å². The zero-order chi connectivity index (χ0) is 21.5. The van der Waals surface area contributed by atoms with Crippen LogP contribution in [0.25, 0.3) is 0 Å². The largest absolute Gasteiger partial charge is 0.479 e. The Balaban J connectivity index is 1.78. The molecule has 7 nitrogen and oxygen atoms in total. The summed E-state index contributed by atoms with van der Waals surface area (Å²) in [5, 5.41) is 19.0. The predicted octanol–water partition coefficient (Wildman–Crippen LogP) is 3.53. The van der Waals surface area contributed by atoms with Crippen molar-refractivity contribution in [3.05, 3.63) is 77.5 Å². The highest BCUT2D eigenvalue weighted by Gasteiger charge is 2.45. The van der Waals surface area contributed by atoms with Crippen LogP contribution < -0.4 is 10.6 Å². The molecule has 2 atom stereocenters. The summed E-state index contributed by atoms with van der Waals surface area (Å²) < 4.78 is 29.7. The van der Waals surface area contributed by atoms with Crippen LogP contribution >= 0.6 is 12.6 Å². The van der Waals surface area contributed by atoms with Crippen molar-refractivity contribution in [2.75, 3.05) is 10.6 Å². The van der Waals surface area contributed by atoms with Gasteiger partial charge in [0.1, 0.15) is 23.0 Å². The van der Waals surface area contributed by atoms with E-state index >= 15 is 0 Å². The van der Waals surface area contributed by atoms with E-state index in [9.17, 15) is 23.5 Å². The summed E-state index contributed by atoms with van der Waals surface area (Å²) >= 11 is 4.25. The molecule has 10 heteroatoms. The summed E-state index contributed by atoms with van der Waals surface area (Å²) in [5.74, 6) is -3.12. The molecule has 0 fully saturated rings. The maximum atomic E-state index is 14.5. The molecule has 1 amide bonds. The molecule has 2 heterocycles. The number of rotatable bonds is 4. The van der Waals surface area contributed by atoms with E-state index in [1.807, 2.05) is 0 Å². The topological polar surface area (TPSA) is 96.3 Å². The fourth-order valence-electron chi connectivity index (χ4n) is 3.38. The average molecular weight is 430 g/mol. The Bertz CT molecular complexity index is 1150. The van der Waals surface area contributed by atoms with Crippen LogP contribution in [0.15, 0.2) is 54.7 Å². The normalized spacial score (nSPS) is 20.2. The van der Waals surface area contributed by atoms with Gasteiger partial charge in [0.15, 0.2) is 4.87 Å². The molecule has 30 heavy (non-hydrogen) atoms. The second kappa shape index (κ2) is 7.45. The fraction of sp³-hybridized carbons (Fsp3) is 0.150. The molecule has 0 spiro atoms. The first kappa shape index (κ1) is 19.9. The smallest absolute Gasteiger partial charge is 0.339 e. The zero-order valence-electron chi connectivity index (χ0n) is 15.3. The van der Waals surface area contributed by atoms with Crippen molar-refractivity contribution in [2.24, 2.45) is 0 Å². The van der Waals surface area contributed by atoms with Crippen LogP contribution in [0, 0.1) is 11.6 Å². The summed E-state index contributed by atoms with van der Waals surface area (Å²) in [6.07, 6.45) is 1.09. The van der Waals surface area contributed by atoms with Gasteiger partial charge in [-0.25, -0.2) is 18.3 Å². The Hall–Kier alpha value is -3.40. The molecule has 0 saturated heterocycles. The van der Waals surface area contributed by atoms with Gasteiger partial charge in [-0.05, 0) is 18.2 Å². The van der Waals surface area contributed by atoms with Crippen molar-refractivity contribution in [1.29, 1.82) is 0 Å². The number of para-hydroxylation sites is 1. The number of halogens is 2. The molecule has 1 aliphatic rings. The summed E-state index contributed by atoms with van der Waals surface area (Å²) in [4.78, 5) is 22.9. The van der Waals surface area contributed by atoms with Gasteiger partial charge in [-0.2, -0.15) is 5.10 Å². The summed E-state index contributed by atoms with van der Waals surface area (Å²) in [7, 11) is 0. The molecular formula is C20H16F2N4O3S. The molecule has 0 bridgehead atoms. The second-order valence-electron chi connectivity index (χ2n) is 6.82. The minimum atomic E-state index is -1.78. The molecule has 2 aromatic carbocycles. The highest BCUT2D eigenvalue weighted by Crippen LogP contribution is 2.41. The van der Waals surface area contributed by atoms with Gasteiger partial charge in [0.25, 0.3) is 5.91 Å². The van der Waals surface area contributed by atoms with Gasteiger partial charge in [0, 0.05) is 12.0 Å². The monoisotopic (exact) mass is 430 g/mol. The van der Waals surface area contributed by atoms with E-state index in [2.05, 4.69) is 28.4 Å². The Morgan fingerprint density at radius 2 is 1.83 bits per heavy atom. The molecule has 3 aromatic rings. The number of aliphatic carboxylic acids is 1. The summed E-state index contributed by atoms with van der Waals surface area (Å²) in [5.41, 5.74) is 0.141. The van der Waals surface area contributed by atoms with Crippen LogP contribution in [0.3, 0.4) is 0 Å². The van der Waals surface area contributed by atoms with E-state index in [0.717, 1.165) is 0 Å². The number of nitrogens with zero attached hydrogens (tertiary/aromatic N) is 2. The first-order valence-electron chi connectivity index (χ1n) is 8.92. The third-order valence-electron chi connectivity index (χ3n) is 4.89. The quantitative estimate of drug-likeness (QED) is 0.475. The molecule has 3 N–H and O–H groups in total. The fourth-order valence-corrected chi connectivity index (χ4v) is 3.66. The minimum absolute atomic E-state index is 0.0287. The van der Waals surface area contributed by atoms with Gasteiger partial charge in [0.2, 0.25) is 0 Å². The molecule has 1 aromatic heterocycles. The molecular weight excluding hydrogens is 414 g/mol. The average Bonchev–Trinajstić information content (AvgIpc) is 3.13. The van der Waals surface area contributed by atoms with Crippen molar-refractivity contribution < 1.29 is 23.5 Å². The number of aromatic nitrogens is 2. The standard InChI is InChI=1S/C20H16F2N4O3S/c21-13-6-2-1-5-11(13)16-9-20(30,19(28)29)25-17-12(10-23-26(16)17)18(27)24-15-8-4-3-7-14(15)22/h1-8,10,16,25,30H,9H2,(H,24,27)(H,28,29)/t16-,20-/m0/s1. The number of thiol groups is 1. The Morgan fingerprint density at radius 3 is 2.50 bits per heavy atom. The molecule has 0 aliphatic carbocycles. The maximum absolute atomic E-state index is 14.5. The Labute approximate surface area is 175 Å². The number of carbonyl (C=O) groups excluding carboxylic acids is 1. The Kier molecular flexibility index (Phi) is 4.94. The number of anilines is 2. The van der Waals surface area contributed by atoms with Crippen molar-refractivity contribution >= 4 is 36.0 Å². The maximum Gasteiger partial charge on any atom is 0.339 e. The lowest BCUT2D eigenvalue weighted by atomic mass is 9.96. The lowest BCUT2D eigenvalue weighted by molar-refractivity contribution is -0.139.